The average molecular weight is 464 g/mol. The Bertz CT molecular complexity index is 372. The first-order valence-corrected chi connectivity index (χ1v) is 12.6. The molecule has 0 saturated heterocycles. The third-order valence-electron chi connectivity index (χ3n) is 4.80. The number of aliphatic hydroxyl groups excluding tert-OH is 1. The van der Waals surface area contributed by atoms with Crippen LogP contribution in [0.15, 0.2) is 0 Å². The van der Waals surface area contributed by atoms with Gasteiger partial charge in [-0.25, -0.2) is 0 Å². The Kier molecular flexibility index (Phi) is 27.6. The number of rotatable bonds is 27. The Morgan fingerprint density at radius 2 is 1.00 bits per heavy atom. The fourth-order valence-corrected chi connectivity index (χ4v) is 2.99. The van der Waals surface area contributed by atoms with E-state index >= 15 is 0 Å². The quantitative estimate of drug-likeness (QED) is 0.181. The molecule has 32 heavy (non-hydrogen) atoms. The van der Waals surface area contributed by atoms with E-state index in [4.69, 9.17) is 28.8 Å². The molecular formula is C24H49NO7. The van der Waals surface area contributed by atoms with Crippen molar-refractivity contribution in [3.63, 3.8) is 0 Å². The van der Waals surface area contributed by atoms with Crippen molar-refractivity contribution in [2.45, 2.75) is 71.1 Å². The summed E-state index contributed by atoms with van der Waals surface area (Å²) in [5, 5.41) is 11.4. The van der Waals surface area contributed by atoms with Gasteiger partial charge in [-0.05, 0) is 6.42 Å². The van der Waals surface area contributed by atoms with E-state index < -0.39 is 0 Å². The lowest BCUT2D eigenvalue weighted by atomic mass is 10.1. The Morgan fingerprint density at radius 1 is 0.594 bits per heavy atom. The number of hydrogen-bond donors (Lipinski definition) is 2. The summed E-state index contributed by atoms with van der Waals surface area (Å²) in [5.74, 6) is 0.117. The maximum Gasteiger partial charge on any atom is 0.220 e. The number of hydrogen-bond acceptors (Lipinski definition) is 7. The van der Waals surface area contributed by atoms with Crippen LogP contribution in [-0.4, -0.2) is 90.2 Å². The summed E-state index contributed by atoms with van der Waals surface area (Å²) in [6.45, 7) is 7.70. The molecule has 0 aliphatic heterocycles. The van der Waals surface area contributed by atoms with Crippen LogP contribution in [0.2, 0.25) is 0 Å². The van der Waals surface area contributed by atoms with Gasteiger partial charge in [0.2, 0.25) is 5.91 Å². The highest BCUT2D eigenvalue weighted by molar-refractivity contribution is 5.75. The maximum absolute atomic E-state index is 11.8. The van der Waals surface area contributed by atoms with Gasteiger partial charge in [0.25, 0.3) is 0 Å². The van der Waals surface area contributed by atoms with Crippen LogP contribution in [-0.2, 0) is 28.5 Å². The molecule has 0 saturated carbocycles. The van der Waals surface area contributed by atoms with Gasteiger partial charge in [0.15, 0.2) is 0 Å². The molecule has 0 aromatic carbocycles. The number of nitrogens with one attached hydrogen (secondary N) is 1. The summed E-state index contributed by atoms with van der Waals surface area (Å²) >= 11 is 0. The molecule has 0 aliphatic carbocycles. The van der Waals surface area contributed by atoms with Gasteiger partial charge in [0.1, 0.15) is 0 Å². The second kappa shape index (κ2) is 28.3. The molecule has 0 spiro atoms. The smallest absolute Gasteiger partial charge is 0.220 e. The lowest BCUT2D eigenvalue weighted by molar-refractivity contribution is -0.121. The van der Waals surface area contributed by atoms with Crippen LogP contribution in [0.1, 0.15) is 71.1 Å². The molecule has 8 nitrogen and oxygen atoms in total. The summed E-state index contributed by atoms with van der Waals surface area (Å²) in [6, 6.07) is 0. The van der Waals surface area contributed by atoms with Crippen molar-refractivity contribution >= 4 is 5.91 Å². The van der Waals surface area contributed by atoms with Crippen molar-refractivity contribution in [3.05, 3.63) is 0 Å². The molecule has 0 rings (SSSR count). The fraction of sp³-hybridized carbons (Fsp3) is 0.958. The van der Waals surface area contributed by atoms with Gasteiger partial charge in [0.05, 0.1) is 72.7 Å². The number of unbranched alkanes of at least 4 members (excludes halogenated alkanes) is 8. The van der Waals surface area contributed by atoms with E-state index in [9.17, 15) is 4.79 Å². The van der Waals surface area contributed by atoms with Crippen LogP contribution < -0.4 is 5.32 Å². The third-order valence-corrected chi connectivity index (χ3v) is 4.80. The lowest BCUT2D eigenvalue weighted by Crippen LogP contribution is -2.27. The normalized spacial score (nSPS) is 11.2. The summed E-state index contributed by atoms with van der Waals surface area (Å²) < 4.78 is 26.6. The van der Waals surface area contributed by atoms with Gasteiger partial charge >= 0.3 is 0 Å². The van der Waals surface area contributed by atoms with Crippen molar-refractivity contribution in [2.24, 2.45) is 0 Å². The molecule has 0 radical (unpaired) electrons. The second-order valence-electron chi connectivity index (χ2n) is 7.71. The third kappa shape index (κ3) is 27.3. The van der Waals surface area contributed by atoms with Gasteiger partial charge in [-0.15, -0.1) is 0 Å². The molecule has 0 atom stereocenters. The minimum atomic E-state index is 0.0319. The molecular weight excluding hydrogens is 414 g/mol. The van der Waals surface area contributed by atoms with Crippen molar-refractivity contribution in [2.75, 3.05) is 79.2 Å². The first-order valence-electron chi connectivity index (χ1n) is 12.6. The van der Waals surface area contributed by atoms with E-state index in [1.807, 2.05) is 0 Å². The highest BCUT2D eigenvalue weighted by Gasteiger charge is 2.01. The first kappa shape index (κ1) is 31.2. The molecule has 0 unspecified atom stereocenters. The van der Waals surface area contributed by atoms with E-state index in [1.54, 1.807) is 0 Å². The first-order chi connectivity index (χ1) is 15.8. The summed E-state index contributed by atoms with van der Waals surface area (Å²) in [6.07, 6.45) is 12.0. The molecule has 192 valence electrons. The SMILES string of the molecule is CCCCCCCCCCCC(=O)NCCOCCOCCOCCOCCOCCO. The summed E-state index contributed by atoms with van der Waals surface area (Å²) in [5.41, 5.74) is 0. The zero-order valence-electron chi connectivity index (χ0n) is 20.5. The van der Waals surface area contributed by atoms with Crippen LogP contribution >= 0.6 is 0 Å². The van der Waals surface area contributed by atoms with Gasteiger partial charge < -0.3 is 34.1 Å². The van der Waals surface area contributed by atoms with Crippen LogP contribution in [0, 0.1) is 0 Å². The highest BCUT2D eigenvalue weighted by atomic mass is 16.6. The molecule has 0 aliphatic rings. The number of carbonyl (C=O) groups excluding carboxylic acids is 1. The van der Waals surface area contributed by atoms with Gasteiger partial charge in [-0.3, -0.25) is 4.79 Å². The molecule has 1 amide bonds. The van der Waals surface area contributed by atoms with Crippen LogP contribution in [0.25, 0.3) is 0 Å². The predicted octanol–water partition coefficient (Wildman–Crippen LogP) is 3.10. The maximum atomic E-state index is 11.8. The number of carbonyl (C=O) groups is 1. The van der Waals surface area contributed by atoms with E-state index in [2.05, 4.69) is 12.2 Å². The van der Waals surface area contributed by atoms with Crippen molar-refractivity contribution in [3.8, 4) is 0 Å². The molecule has 0 aromatic heterocycles. The lowest BCUT2D eigenvalue weighted by Gasteiger charge is -2.08. The van der Waals surface area contributed by atoms with Crippen molar-refractivity contribution in [1.29, 1.82) is 0 Å². The minimum absolute atomic E-state index is 0.0319. The van der Waals surface area contributed by atoms with E-state index in [-0.39, 0.29) is 12.5 Å². The van der Waals surface area contributed by atoms with E-state index in [1.165, 1.54) is 44.9 Å². The molecule has 0 heterocycles. The van der Waals surface area contributed by atoms with Crippen LogP contribution in [0.3, 0.4) is 0 Å². The average Bonchev–Trinajstić information content (AvgIpc) is 2.80. The zero-order chi connectivity index (χ0) is 23.4. The van der Waals surface area contributed by atoms with Crippen LogP contribution in [0.4, 0.5) is 0 Å². The van der Waals surface area contributed by atoms with Crippen molar-refractivity contribution in [1.82, 2.24) is 5.32 Å². The van der Waals surface area contributed by atoms with Gasteiger partial charge in [0, 0.05) is 13.0 Å². The Morgan fingerprint density at radius 3 is 1.47 bits per heavy atom. The molecule has 0 fully saturated rings. The number of amides is 1. The summed E-state index contributed by atoms with van der Waals surface area (Å²) in [7, 11) is 0. The van der Waals surface area contributed by atoms with E-state index in [0.29, 0.717) is 79.0 Å². The topological polar surface area (TPSA) is 95.5 Å². The number of ether oxygens (including phenoxy) is 5. The Hall–Kier alpha value is -0.770. The minimum Gasteiger partial charge on any atom is -0.394 e. The molecule has 2 N–H and O–H groups in total. The van der Waals surface area contributed by atoms with Crippen molar-refractivity contribution < 1.29 is 33.6 Å². The van der Waals surface area contributed by atoms with Gasteiger partial charge in [-0.2, -0.15) is 0 Å². The Labute approximate surface area is 195 Å². The second-order valence-corrected chi connectivity index (χ2v) is 7.71. The predicted molar refractivity (Wildman–Crippen MR) is 126 cm³/mol. The van der Waals surface area contributed by atoms with E-state index in [0.717, 1.165) is 12.8 Å². The largest absolute Gasteiger partial charge is 0.394 e. The number of aliphatic hydroxyl groups is 1. The molecule has 0 aromatic rings. The highest BCUT2D eigenvalue weighted by Crippen LogP contribution is 2.10. The van der Waals surface area contributed by atoms with Crippen LogP contribution in [0.5, 0.6) is 0 Å². The standard InChI is InChI=1S/C24H49NO7/c1-2-3-4-5-6-7-8-9-10-11-24(27)25-12-14-28-16-18-30-20-22-32-23-21-31-19-17-29-15-13-26/h26H,2-23H2,1H3,(H,25,27). The Balaban J connectivity index is 3.12. The monoisotopic (exact) mass is 463 g/mol. The zero-order valence-corrected chi connectivity index (χ0v) is 20.5. The fourth-order valence-electron chi connectivity index (χ4n) is 2.99. The molecule has 8 heteroatoms. The van der Waals surface area contributed by atoms with Gasteiger partial charge in [-0.1, -0.05) is 58.3 Å². The summed E-state index contributed by atoms with van der Waals surface area (Å²) in [4.78, 5) is 11.8. The molecule has 0 bridgehead atoms.